The predicted octanol–water partition coefficient (Wildman–Crippen LogP) is 2.85. The van der Waals surface area contributed by atoms with Crippen LogP contribution in [0.4, 0.5) is 5.69 Å². The van der Waals surface area contributed by atoms with Gasteiger partial charge >= 0.3 is 5.97 Å². The molecule has 3 aliphatic rings. The molecule has 0 saturated carbocycles. The van der Waals surface area contributed by atoms with Gasteiger partial charge in [0.05, 0.1) is 25.0 Å². The number of esters is 1. The number of fused-ring (bicyclic) bond motifs is 1. The molecule has 3 saturated heterocycles. The van der Waals surface area contributed by atoms with Crippen molar-refractivity contribution in [2.45, 2.75) is 48.3 Å². The standard InChI is InChI=1S/C28H35BrN2O7/c1-4-13-30(18-9-11-19(36-3)12-10-18)26(34)24-28-17-20(29)23(38-28)21(27(35)37-16-5-2)22(28)25(33)31(24)14-7-6-8-15-32/h4-5,9-12,20-24,32H,1-2,6-8,13-17H2,3H3/t20?,21-,22+,23-,24?,28?/m1/s1. The first-order valence-electron chi connectivity index (χ1n) is 12.9. The highest BCUT2D eigenvalue weighted by Crippen LogP contribution is 2.60. The van der Waals surface area contributed by atoms with Crippen molar-refractivity contribution in [2.24, 2.45) is 11.8 Å². The third-order valence-corrected chi connectivity index (χ3v) is 8.50. The Morgan fingerprint density at radius 1 is 1.24 bits per heavy atom. The van der Waals surface area contributed by atoms with Crippen LogP contribution in [0, 0.1) is 11.8 Å². The number of ether oxygens (including phenoxy) is 3. The summed E-state index contributed by atoms with van der Waals surface area (Å²) in [6, 6.07) is 6.17. The molecule has 9 nitrogen and oxygen atoms in total. The van der Waals surface area contributed by atoms with E-state index in [0.29, 0.717) is 43.7 Å². The van der Waals surface area contributed by atoms with Gasteiger partial charge in [-0.3, -0.25) is 14.4 Å². The molecule has 10 heteroatoms. The zero-order valence-corrected chi connectivity index (χ0v) is 23.2. The number of rotatable bonds is 13. The molecule has 2 bridgehead atoms. The van der Waals surface area contributed by atoms with E-state index in [9.17, 15) is 19.5 Å². The van der Waals surface area contributed by atoms with Gasteiger partial charge in [-0.15, -0.1) is 6.58 Å². The fraction of sp³-hybridized carbons (Fsp3) is 0.536. The number of carbonyl (C=O) groups is 3. The van der Waals surface area contributed by atoms with E-state index in [1.165, 1.54) is 6.08 Å². The number of anilines is 1. The first-order chi connectivity index (χ1) is 18.3. The smallest absolute Gasteiger partial charge is 0.312 e. The van der Waals surface area contributed by atoms with Crippen molar-refractivity contribution in [3.8, 4) is 5.75 Å². The van der Waals surface area contributed by atoms with Crippen molar-refractivity contribution in [3.05, 3.63) is 49.6 Å². The molecule has 0 aromatic heterocycles. The monoisotopic (exact) mass is 590 g/mol. The fourth-order valence-electron chi connectivity index (χ4n) is 6.09. The van der Waals surface area contributed by atoms with Crippen LogP contribution in [0.1, 0.15) is 25.7 Å². The summed E-state index contributed by atoms with van der Waals surface area (Å²) in [6.45, 7) is 8.05. The van der Waals surface area contributed by atoms with Crippen molar-refractivity contribution in [1.82, 2.24) is 4.90 Å². The van der Waals surface area contributed by atoms with Gasteiger partial charge in [-0.25, -0.2) is 0 Å². The number of benzene rings is 1. The van der Waals surface area contributed by atoms with Gasteiger partial charge in [0.1, 0.15) is 24.0 Å². The molecule has 3 heterocycles. The Morgan fingerprint density at radius 3 is 2.61 bits per heavy atom. The average Bonchev–Trinajstić information content (AvgIpc) is 3.51. The molecular weight excluding hydrogens is 556 g/mol. The maximum absolute atomic E-state index is 14.4. The van der Waals surface area contributed by atoms with E-state index in [1.807, 2.05) is 0 Å². The number of likely N-dealkylation sites (tertiary alicyclic amines) is 1. The largest absolute Gasteiger partial charge is 0.497 e. The molecule has 3 fully saturated rings. The molecule has 38 heavy (non-hydrogen) atoms. The summed E-state index contributed by atoms with van der Waals surface area (Å²) in [5.74, 6) is -2.10. The zero-order valence-electron chi connectivity index (χ0n) is 21.6. The molecule has 206 valence electrons. The van der Waals surface area contributed by atoms with E-state index in [1.54, 1.807) is 47.3 Å². The van der Waals surface area contributed by atoms with Crippen LogP contribution in [0.25, 0.3) is 0 Å². The SMILES string of the molecule is C=CCOC(=O)[C@H]1[C@@H]2OC3(CC2Br)C(C(=O)N(CC=C)c2ccc(OC)cc2)N(CCCCCO)C(=O)[C@H]13. The Hall–Kier alpha value is -2.69. The zero-order chi connectivity index (χ0) is 27.4. The molecule has 0 radical (unpaired) electrons. The third kappa shape index (κ3) is 4.89. The number of aliphatic hydroxyl groups is 1. The molecule has 6 atom stereocenters. The summed E-state index contributed by atoms with van der Waals surface area (Å²) >= 11 is 3.66. The van der Waals surface area contributed by atoms with Crippen LogP contribution in [0.5, 0.6) is 5.75 Å². The Morgan fingerprint density at radius 2 is 1.97 bits per heavy atom. The predicted molar refractivity (Wildman–Crippen MR) is 145 cm³/mol. The number of methoxy groups -OCH3 is 1. The normalized spacial score (nSPS) is 29.2. The van der Waals surface area contributed by atoms with Crippen molar-refractivity contribution in [3.63, 3.8) is 0 Å². The number of aliphatic hydroxyl groups excluding tert-OH is 1. The van der Waals surface area contributed by atoms with Crippen LogP contribution in [0.15, 0.2) is 49.6 Å². The van der Waals surface area contributed by atoms with E-state index in [4.69, 9.17) is 14.2 Å². The van der Waals surface area contributed by atoms with Gasteiger partial charge < -0.3 is 29.1 Å². The highest BCUT2D eigenvalue weighted by molar-refractivity contribution is 9.09. The number of hydrogen-bond donors (Lipinski definition) is 1. The van der Waals surface area contributed by atoms with Crippen LogP contribution in [0.2, 0.25) is 0 Å². The van der Waals surface area contributed by atoms with Crippen molar-refractivity contribution in [2.75, 3.05) is 38.3 Å². The second kappa shape index (κ2) is 12.0. The summed E-state index contributed by atoms with van der Waals surface area (Å²) in [5.41, 5.74) is -0.540. The lowest BCUT2D eigenvalue weighted by molar-refractivity contribution is -0.153. The molecule has 1 aromatic carbocycles. The number of nitrogens with zero attached hydrogens (tertiary/aromatic N) is 2. The number of halogens is 1. The number of alkyl halides is 1. The molecule has 3 unspecified atom stereocenters. The van der Waals surface area contributed by atoms with Crippen LogP contribution < -0.4 is 9.64 Å². The summed E-state index contributed by atoms with van der Waals surface area (Å²) in [6.07, 6.45) is 4.84. The second-order valence-electron chi connectivity index (χ2n) is 9.83. The van der Waals surface area contributed by atoms with Gasteiger partial charge in [0.15, 0.2) is 0 Å². The lowest BCUT2D eigenvalue weighted by Gasteiger charge is -2.37. The van der Waals surface area contributed by atoms with E-state index in [-0.39, 0.29) is 36.4 Å². The molecule has 1 spiro atoms. The molecule has 1 N–H and O–H groups in total. The second-order valence-corrected chi connectivity index (χ2v) is 11.0. The Kier molecular flexibility index (Phi) is 8.95. The highest BCUT2D eigenvalue weighted by Gasteiger charge is 2.77. The average molecular weight is 591 g/mol. The van der Waals surface area contributed by atoms with Gasteiger partial charge in [-0.05, 0) is 49.9 Å². The maximum atomic E-state index is 14.4. The Labute approximate surface area is 231 Å². The molecule has 4 rings (SSSR count). The molecule has 2 amide bonds. The molecule has 3 aliphatic heterocycles. The van der Waals surface area contributed by atoms with Crippen LogP contribution >= 0.6 is 15.9 Å². The summed E-state index contributed by atoms with van der Waals surface area (Å²) in [4.78, 5) is 44.5. The fourth-order valence-corrected chi connectivity index (χ4v) is 7.03. The third-order valence-electron chi connectivity index (χ3n) is 7.66. The molecule has 1 aromatic rings. The lowest BCUT2D eigenvalue weighted by Crippen LogP contribution is -2.57. The molecular formula is C28H35BrN2O7. The minimum Gasteiger partial charge on any atom is -0.497 e. The van der Waals surface area contributed by atoms with Gasteiger partial charge in [-0.2, -0.15) is 0 Å². The number of carbonyl (C=O) groups excluding carboxylic acids is 3. The van der Waals surface area contributed by atoms with E-state index >= 15 is 0 Å². The van der Waals surface area contributed by atoms with Crippen molar-refractivity contribution >= 4 is 39.4 Å². The summed E-state index contributed by atoms with van der Waals surface area (Å²) < 4.78 is 17.1. The van der Waals surface area contributed by atoms with Crippen LogP contribution in [-0.2, 0) is 23.9 Å². The maximum Gasteiger partial charge on any atom is 0.312 e. The van der Waals surface area contributed by atoms with Crippen LogP contribution in [-0.4, -0.2) is 83.8 Å². The van der Waals surface area contributed by atoms with Crippen LogP contribution in [0.3, 0.4) is 0 Å². The Bertz CT molecular complexity index is 1060. The number of amides is 2. The van der Waals surface area contributed by atoms with E-state index in [0.717, 1.165) is 0 Å². The van der Waals surface area contributed by atoms with Gasteiger partial charge in [0.2, 0.25) is 5.91 Å². The van der Waals surface area contributed by atoms with Gasteiger partial charge in [0.25, 0.3) is 5.91 Å². The molecule has 0 aliphatic carbocycles. The van der Waals surface area contributed by atoms with Crippen molar-refractivity contribution in [1.29, 1.82) is 0 Å². The van der Waals surface area contributed by atoms with Gasteiger partial charge in [0, 0.05) is 30.2 Å². The minimum atomic E-state index is -1.17. The minimum absolute atomic E-state index is 0.0285. The quantitative estimate of drug-likeness (QED) is 0.163. The lowest BCUT2D eigenvalue weighted by atomic mass is 9.70. The highest BCUT2D eigenvalue weighted by atomic mass is 79.9. The van der Waals surface area contributed by atoms with Gasteiger partial charge in [-0.1, -0.05) is 34.7 Å². The van der Waals surface area contributed by atoms with E-state index < -0.39 is 35.6 Å². The topological polar surface area (TPSA) is 106 Å². The number of unbranched alkanes of at least 4 members (excludes halogenated alkanes) is 2. The number of hydrogen-bond acceptors (Lipinski definition) is 7. The summed E-state index contributed by atoms with van der Waals surface area (Å²) in [7, 11) is 1.57. The first kappa shape index (κ1) is 28.3. The Balaban J connectivity index is 1.73. The first-order valence-corrected chi connectivity index (χ1v) is 13.8. The van der Waals surface area contributed by atoms with E-state index in [2.05, 4.69) is 29.1 Å². The van der Waals surface area contributed by atoms with Crippen molar-refractivity contribution < 1.29 is 33.7 Å². The summed E-state index contributed by atoms with van der Waals surface area (Å²) in [5, 5.41) is 9.21.